The average molecular weight is 289 g/mol. The van der Waals surface area contributed by atoms with E-state index in [-0.39, 0.29) is 0 Å². The van der Waals surface area contributed by atoms with Crippen LogP contribution in [0, 0.1) is 0 Å². The van der Waals surface area contributed by atoms with E-state index in [1.165, 1.54) is 0 Å². The number of hydrogen-bond acceptors (Lipinski definition) is 5. The van der Waals surface area contributed by atoms with Gasteiger partial charge in [-0.2, -0.15) is 0 Å². The summed E-state index contributed by atoms with van der Waals surface area (Å²) >= 11 is 0. The first-order chi connectivity index (χ1) is 10.2. The molecule has 0 amide bonds. The van der Waals surface area contributed by atoms with E-state index in [1.54, 1.807) is 0 Å². The molecule has 1 aromatic carbocycles. The molecule has 5 nitrogen and oxygen atoms in total. The minimum absolute atomic E-state index is 0.507. The molecular weight excluding hydrogens is 266 g/mol. The molecule has 0 atom stereocenters. The Balaban J connectivity index is 1.89. The van der Waals surface area contributed by atoms with Crippen LogP contribution in [0.4, 0.5) is 0 Å². The summed E-state index contributed by atoms with van der Waals surface area (Å²) in [7, 11) is 0. The second-order valence-electron chi connectivity index (χ2n) is 5.17. The highest BCUT2D eigenvalue weighted by molar-refractivity contribution is 5.53. The van der Waals surface area contributed by atoms with Crippen LogP contribution in [0.15, 0.2) is 28.7 Å². The summed E-state index contributed by atoms with van der Waals surface area (Å²) in [6.45, 7) is 7.85. The predicted octanol–water partition coefficient (Wildman–Crippen LogP) is 3.07. The summed E-state index contributed by atoms with van der Waals surface area (Å²) in [6.07, 6.45) is 1.78. The van der Waals surface area contributed by atoms with Crippen molar-refractivity contribution >= 4 is 0 Å². The highest BCUT2D eigenvalue weighted by atomic mass is 16.5. The second-order valence-corrected chi connectivity index (χ2v) is 5.17. The lowest BCUT2D eigenvalue weighted by Crippen LogP contribution is -2.23. The van der Waals surface area contributed by atoms with E-state index in [4.69, 9.17) is 9.15 Å². The van der Waals surface area contributed by atoms with Gasteiger partial charge in [-0.25, -0.2) is 0 Å². The van der Waals surface area contributed by atoms with Gasteiger partial charge in [0.25, 0.3) is 0 Å². The SMILES string of the molecule is CCOc1ccc(-c2nnc(CCCNC(C)C)o2)cc1. The second kappa shape index (κ2) is 7.78. The minimum Gasteiger partial charge on any atom is -0.494 e. The zero-order valence-electron chi connectivity index (χ0n) is 12.9. The normalized spacial score (nSPS) is 11.0. The number of benzene rings is 1. The van der Waals surface area contributed by atoms with Crippen molar-refractivity contribution in [1.29, 1.82) is 0 Å². The van der Waals surface area contributed by atoms with Gasteiger partial charge < -0.3 is 14.5 Å². The highest BCUT2D eigenvalue weighted by Gasteiger charge is 2.08. The minimum atomic E-state index is 0.507. The Morgan fingerprint density at radius 3 is 2.62 bits per heavy atom. The first kappa shape index (κ1) is 15.5. The van der Waals surface area contributed by atoms with E-state index >= 15 is 0 Å². The first-order valence-corrected chi connectivity index (χ1v) is 7.48. The average Bonchev–Trinajstić information content (AvgIpc) is 2.93. The van der Waals surface area contributed by atoms with Crippen LogP contribution in [0.3, 0.4) is 0 Å². The molecule has 0 fully saturated rings. The van der Waals surface area contributed by atoms with Gasteiger partial charge in [0.2, 0.25) is 11.8 Å². The highest BCUT2D eigenvalue weighted by Crippen LogP contribution is 2.21. The number of rotatable bonds is 8. The van der Waals surface area contributed by atoms with Crippen molar-refractivity contribution in [2.75, 3.05) is 13.2 Å². The van der Waals surface area contributed by atoms with Crippen LogP contribution < -0.4 is 10.1 Å². The lowest BCUT2D eigenvalue weighted by Gasteiger charge is -2.05. The molecule has 2 rings (SSSR count). The summed E-state index contributed by atoms with van der Waals surface area (Å²) in [4.78, 5) is 0. The molecule has 1 N–H and O–H groups in total. The Morgan fingerprint density at radius 2 is 1.95 bits per heavy atom. The fourth-order valence-corrected chi connectivity index (χ4v) is 1.96. The van der Waals surface area contributed by atoms with E-state index < -0.39 is 0 Å². The number of nitrogens with one attached hydrogen (secondary N) is 1. The van der Waals surface area contributed by atoms with E-state index in [9.17, 15) is 0 Å². The van der Waals surface area contributed by atoms with Crippen molar-refractivity contribution in [2.45, 2.75) is 39.7 Å². The maximum Gasteiger partial charge on any atom is 0.247 e. The Morgan fingerprint density at radius 1 is 1.19 bits per heavy atom. The maximum absolute atomic E-state index is 5.69. The predicted molar refractivity (Wildman–Crippen MR) is 82.4 cm³/mol. The molecule has 0 aliphatic rings. The van der Waals surface area contributed by atoms with Gasteiger partial charge in [0, 0.05) is 18.0 Å². The summed E-state index contributed by atoms with van der Waals surface area (Å²) < 4.78 is 11.1. The molecule has 0 aliphatic carbocycles. The lowest BCUT2D eigenvalue weighted by atomic mass is 10.2. The van der Waals surface area contributed by atoms with Crippen molar-refractivity contribution in [3.63, 3.8) is 0 Å². The van der Waals surface area contributed by atoms with Crippen molar-refractivity contribution in [3.8, 4) is 17.2 Å². The summed E-state index contributed by atoms with van der Waals surface area (Å²) in [5.74, 6) is 2.09. The van der Waals surface area contributed by atoms with Crippen LogP contribution in [0.1, 0.15) is 33.1 Å². The zero-order chi connectivity index (χ0) is 15.1. The largest absolute Gasteiger partial charge is 0.494 e. The number of aryl methyl sites for hydroxylation is 1. The molecule has 5 heteroatoms. The molecule has 0 saturated heterocycles. The summed E-state index contributed by atoms with van der Waals surface area (Å²) in [5.41, 5.74) is 0.914. The zero-order valence-corrected chi connectivity index (χ0v) is 12.9. The van der Waals surface area contributed by atoms with Gasteiger partial charge in [0.05, 0.1) is 6.61 Å². The third kappa shape index (κ3) is 4.86. The summed E-state index contributed by atoms with van der Waals surface area (Å²) in [5, 5.41) is 11.6. The van der Waals surface area contributed by atoms with Gasteiger partial charge >= 0.3 is 0 Å². The molecule has 114 valence electrons. The first-order valence-electron chi connectivity index (χ1n) is 7.48. The van der Waals surface area contributed by atoms with Crippen molar-refractivity contribution in [2.24, 2.45) is 0 Å². The summed E-state index contributed by atoms with van der Waals surface area (Å²) in [6, 6.07) is 8.20. The molecule has 1 heterocycles. The molecule has 1 aromatic heterocycles. The molecule has 0 saturated carbocycles. The fraction of sp³-hybridized carbons (Fsp3) is 0.500. The van der Waals surface area contributed by atoms with Crippen LogP contribution in [0.25, 0.3) is 11.5 Å². The van der Waals surface area contributed by atoms with E-state index in [0.29, 0.717) is 24.4 Å². The standard InChI is InChI=1S/C16H23N3O2/c1-4-20-14-9-7-13(8-10-14)16-19-18-15(21-16)6-5-11-17-12(2)3/h7-10,12,17H,4-6,11H2,1-3H3. The number of hydrogen-bond donors (Lipinski definition) is 1. The van der Waals surface area contributed by atoms with Crippen molar-refractivity contribution in [3.05, 3.63) is 30.2 Å². The molecule has 0 radical (unpaired) electrons. The van der Waals surface area contributed by atoms with E-state index in [0.717, 1.165) is 30.7 Å². The van der Waals surface area contributed by atoms with Crippen LogP contribution in [-0.4, -0.2) is 29.4 Å². The lowest BCUT2D eigenvalue weighted by molar-refractivity contribution is 0.340. The van der Waals surface area contributed by atoms with E-state index in [2.05, 4.69) is 29.4 Å². The smallest absolute Gasteiger partial charge is 0.247 e. The molecule has 0 aliphatic heterocycles. The van der Waals surface area contributed by atoms with Gasteiger partial charge in [0.1, 0.15) is 5.75 Å². The molecule has 0 spiro atoms. The van der Waals surface area contributed by atoms with Crippen LogP contribution in [0.2, 0.25) is 0 Å². The van der Waals surface area contributed by atoms with Gasteiger partial charge in [-0.05, 0) is 44.2 Å². The van der Waals surface area contributed by atoms with Gasteiger partial charge in [-0.3, -0.25) is 0 Å². The molecule has 0 bridgehead atoms. The van der Waals surface area contributed by atoms with Gasteiger partial charge in [-0.15, -0.1) is 10.2 Å². The van der Waals surface area contributed by atoms with Crippen LogP contribution in [-0.2, 0) is 6.42 Å². The maximum atomic E-state index is 5.69. The van der Waals surface area contributed by atoms with Gasteiger partial charge in [-0.1, -0.05) is 13.8 Å². The Kier molecular flexibility index (Phi) is 5.75. The quantitative estimate of drug-likeness (QED) is 0.757. The topological polar surface area (TPSA) is 60.2 Å². The number of aromatic nitrogens is 2. The van der Waals surface area contributed by atoms with Crippen LogP contribution in [0.5, 0.6) is 5.75 Å². The molecular formula is C16H23N3O2. The van der Waals surface area contributed by atoms with Crippen molar-refractivity contribution < 1.29 is 9.15 Å². The molecule has 21 heavy (non-hydrogen) atoms. The number of ether oxygens (including phenoxy) is 1. The van der Waals surface area contributed by atoms with Gasteiger partial charge in [0.15, 0.2) is 0 Å². The van der Waals surface area contributed by atoms with Crippen molar-refractivity contribution in [1.82, 2.24) is 15.5 Å². The Labute approximate surface area is 125 Å². The number of nitrogens with zero attached hydrogens (tertiary/aromatic N) is 2. The Bertz CT molecular complexity index is 535. The third-order valence-electron chi connectivity index (χ3n) is 3.00. The fourth-order valence-electron chi connectivity index (χ4n) is 1.96. The molecule has 0 unspecified atom stereocenters. The monoisotopic (exact) mass is 289 g/mol. The third-order valence-corrected chi connectivity index (χ3v) is 3.00. The van der Waals surface area contributed by atoms with Crippen LogP contribution >= 0.6 is 0 Å². The van der Waals surface area contributed by atoms with E-state index in [1.807, 2.05) is 31.2 Å². The Hall–Kier alpha value is -1.88. The molecule has 2 aromatic rings.